The van der Waals surface area contributed by atoms with Gasteiger partial charge in [0.05, 0.1) is 5.52 Å². The van der Waals surface area contributed by atoms with Crippen LogP contribution in [0.2, 0.25) is 0 Å². The molecule has 0 saturated heterocycles. The van der Waals surface area contributed by atoms with E-state index in [1.165, 1.54) is 0 Å². The molecule has 92 valence electrons. The minimum atomic E-state index is 0.710. The predicted octanol–water partition coefficient (Wildman–Crippen LogP) is 2.07. The third-order valence-electron chi connectivity index (χ3n) is 2.70. The van der Waals surface area contributed by atoms with Gasteiger partial charge in [0.1, 0.15) is 5.52 Å². The molecule has 0 bridgehead atoms. The van der Waals surface area contributed by atoms with E-state index in [0.717, 1.165) is 37.1 Å². The van der Waals surface area contributed by atoms with Gasteiger partial charge in [-0.25, -0.2) is 4.68 Å². The van der Waals surface area contributed by atoms with E-state index < -0.39 is 0 Å². The van der Waals surface area contributed by atoms with Crippen LogP contribution in [-0.4, -0.2) is 28.1 Å². The molecular formula is C13H20N4. The summed E-state index contributed by atoms with van der Waals surface area (Å²) in [6, 6.07) is 8.08. The molecule has 2 aromatic rings. The van der Waals surface area contributed by atoms with Gasteiger partial charge in [-0.05, 0) is 37.6 Å². The van der Waals surface area contributed by atoms with Crippen molar-refractivity contribution in [2.45, 2.75) is 26.8 Å². The van der Waals surface area contributed by atoms with Gasteiger partial charge < -0.3 is 5.32 Å². The maximum absolute atomic E-state index is 4.17. The van der Waals surface area contributed by atoms with Crippen LogP contribution in [0.4, 0.5) is 0 Å². The summed E-state index contributed by atoms with van der Waals surface area (Å²) in [7, 11) is 0. The zero-order chi connectivity index (χ0) is 12.1. The van der Waals surface area contributed by atoms with Gasteiger partial charge in [-0.15, -0.1) is 5.10 Å². The lowest BCUT2D eigenvalue weighted by atomic mass is 10.2. The molecule has 1 aromatic carbocycles. The van der Waals surface area contributed by atoms with Gasteiger partial charge in [0.2, 0.25) is 0 Å². The number of nitrogens with one attached hydrogen (secondary N) is 1. The first-order valence-corrected chi connectivity index (χ1v) is 6.26. The maximum atomic E-state index is 4.17. The summed E-state index contributed by atoms with van der Waals surface area (Å²) in [6.45, 7) is 7.48. The maximum Gasteiger partial charge on any atom is 0.113 e. The SMILES string of the molecule is CC(C)CNCCCn1nnc2ccccc21. The number of rotatable bonds is 6. The Morgan fingerprint density at radius 2 is 2.12 bits per heavy atom. The highest BCUT2D eigenvalue weighted by Crippen LogP contribution is 2.09. The Morgan fingerprint density at radius 1 is 1.29 bits per heavy atom. The van der Waals surface area contributed by atoms with E-state index in [0.29, 0.717) is 5.92 Å². The molecule has 1 N–H and O–H groups in total. The summed E-state index contributed by atoms with van der Waals surface area (Å²) in [4.78, 5) is 0. The van der Waals surface area contributed by atoms with Crippen LogP contribution in [0, 0.1) is 5.92 Å². The monoisotopic (exact) mass is 232 g/mol. The van der Waals surface area contributed by atoms with E-state index in [9.17, 15) is 0 Å². The molecular weight excluding hydrogens is 212 g/mol. The molecule has 17 heavy (non-hydrogen) atoms. The van der Waals surface area contributed by atoms with Crippen molar-refractivity contribution in [2.24, 2.45) is 5.92 Å². The molecule has 0 aliphatic rings. The second-order valence-corrected chi connectivity index (χ2v) is 4.75. The quantitative estimate of drug-likeness (QED) is 0.775. The highest BCUT2D eigenvalue weighted by molar-refractivity contribution is 5.73. The number of hydrogen-bond donors (Lipinski definition) is 1. The van der Waals surface area contributed by atoms with E-state index in [4.69, 9.17) is 0 Å². The van der Waals surface area contributed by atoms with Crippen molar-refractivity contribution >= 4 is 11.0 Å². The molecule has 0 unspecified atom stereocenters. The average Bonchev–Trinajstić information content (AvgIpc) is 2.72. The van der Waals surface area contributed by atoms with Crippen LogP contribution in [0.3, 0.4) is 0 Å². The largest absolute Gasteiger partial charge is 0.316 e. The third kappa shape index (κ3) is 3.27. The van der Waals surface area contributed by atoms with Gasteiger partial charge in [0.15, 0.2) is 0 Å². The molecule has 0 amide bonds. The number of benzene rings is 1. The van der Waals surface area contributed by atoms with E-state index in [1.807, 2.05) is 22.9 Å². The normalized spacial score (nSPS) is 11.5. The lowest BCUT2D eigenvalue weighted by Gasteiger charge is -2.07. The van der Waals surface area contributed by atoms with Crippen molar-refractivity contribution in [3.8, 4) is 0 Å². The van der Waals surface area contributed by atoms with Gasteiger partial charge in [-0.3, -0.25) is 0 Å². The Morgan fingerprint density at radius 3 is 2.94 bits per heavy atom. The smallest absolute Gasteiger partial charge is 0.113 e. The number of nitrogens with zero attached hydrogens (tertiary/aromatic N) is 3. The van der Waals surface area contributed by atoms with Crippen LogP contribution in [-0.2, 0) is 6.54 Å². The molecule has 0 atom stereocenters. The van der Waals surface area contributed by atoms with Gasteiger partial charge >= 0.3 is 0 Å². The number of fused-ring (bicyclic) bond motifs is 1. The Kier molecular flexibility index (Phi) is 4.09. The molecule has 0 fully saturated rings. The second-order valence-electron chi connectivity index (χ2n) is 4.75. The predicted molar refractivity (Wildman–Crippen MR) is 69.9 cm³/mol. The van der Waals surface area contributed by atoms with Gasteiger partial charge in [-0.1, -0.05) is 31.2 Å². The van der Waals surface area contributed by atoms with E-state index in [-0.39, 0.29) is 0 Å². The van der Waals surface area contributed by atoms with Crippen molar-refractivity contribution in [3.05, 3.63) is 24.3 Å². The van der Waals surface area contributed by atoms with E-state index >= 15 is 0 Å². The Balaban J connectivity index is 1.83. The van der Waals surface area contributed by atoms with Crippen LogP contribution in [0.5, 0.6) is 0 Å². The fourth-order valence-electron chi connectivity index (χ4n) is 1.83. The molecule has 0 aliphatic carbocycles. The molecule has 1 heterocycles. The first-order chi connectivity index (χ1) is 8.27. The molecule has 0 saturated carbocycles. The second kappa shape index (κ2) is 5.77. The minimum Gasteiger partial charge on any atom is -0.316 e. The average molecular weight is 232 g/mol. The van der Waals surface area contributed by atoms with Gasteiger partial charge in [0, 0.05) is 6.54 Å². The highest BCUT2D eigenvalue weighted by atomic mass is 15.4. The van der Waals surface area contributed by atoms with Gasteiger partial charge in [-0.2, -0.15) is 0 Å². The Hall–Kier alpha value is -1.42. The fraction of sp³-hybridized carbons (Fsp3) is 0.538. The molecule has 0 radical (unpaired) electrons. The summed E-state index contributed by atoms with van der Waals surface area (Å²) in [6.07, 6.45) is 1.08. The van der Waals surface area contributed by atoms with Crippen molar-refractivity contribution in [1.29, 1.82) is 0 Å². The molecule has 0 aliphatic heterocycles. The first-order valence-electron chi connectivity index (χ1n) is 6.26. The Labute approximate surface area is 102 Å². The fourth-order valence-corrected chi connectivity index (χ4v) is 1.83. The van der Waals surface area contributed by atoms with Crippen molar-refractivity contribution in [3.63, 3.8) is 0 Å². The van der Waals surface area contributed by atoms with Crippen LogP contribution in [0.1, 0.15) is 20.3 Å². The number of aromatic nitrogens is 3. The summed E-state index contributed by atoms with van der Waals surface area (Å²) < 4.78 is 1.98. The minimum absolute atomic E-state index is 0.710. The van der Waals surface area contributed by atoms with Crippen molar-refractivity contribution in [1.82, 2.24) is 20.3 Å². The summed E-state index contributed by atoms with van der Waals surface area (Å²) in [5.41, 5.74) is 2.10. The standard InChI is InChI=1S/C13H20N4/c1-11(2)10-14-8-5-9-17-13-7-4-3-6-12(13)15-16-17/h3-4,6-7,11,14H,5,8-10H2,1-2H3. The first kappa shape index (κ1) is 12.0. The topological polar surface area (TPSA) is 42.7 Å². The zero-order valence-electron chi connectivity index (χ0n) is 10.6. The molecule has 0 spiro atoms. The summed E-state index contributed by atoms with van der Waals surface area (Å²) in [5, 5.41) is 11.7. The lowest BCUT2D eigenvalue weighted by molar-refractivity contribution is 0.506. The molecule has 1 aromatic heterocycles. The van der Waals surface area contributed by atoms with Crippen LogP contribution in [0.15, 0.2) is 24.3 Å². The van der Waals surface area contributed by atoms with Crippen molar-refractivity contribution < 1.29 is 0 Å². The van der Waals surface area contributed by atoms with Crippen LogP contribution in [0.25, 0.3) is 11.0 Å². The molecule has 2 rings (SSSR count). The van der Waals surface area contributed by atoms with Crippen LogP contribution < -0.4 is 5.32 Å². The Bertz CT molecular complexity index is 461. The van der Waals surface area contributed by atoms with E-state index in [2.05, 4.69) is 35.5 Å². The molecule has 4 nitrogen and oxygen atoms in total. The summed E-state index contributed by atoms with van der Waals surface area (Å²) in [5.74, 6) is 0.710. The number of aryl methyl sites for hydroxylation is 1. The number of hydrogen-bond acceptors (Lipinski definition) is 3. The molecule has 4 heteroatoms. The highest BCUT2D eigenvalue weighted by Gasteiger charge is 2.02. The number of para-hydroxylation sites is 1. The third-order valence-corrected chi connectivity index (χ3v) is 2.70. The van der Waals surface area contributed by atoms with E-state index in [1.54, 1.807) is 0 Å². The van der Waals surface area contributed by atoms with Crippen LogP contribution >= 0.6 is 0 Å². The lowest BCUT2D eigenvalue weighted by Crippen LogP contribution is -2.21. The van der Waals surface area contributed by atoms with Crippen molar-refractivity contribution in [2.75, 3.05) is 13.1 Å². The summed E-state index contributed by atoms with van der Waals surface area (Å²) >= 11 is 0. The zero-order valence-corrected chi connectivity index (χ0v) is 10.6. The van der Waals surface area contributed by atoms with Gasteiger partial charge in [0.25, 0.3) is 0 Å².